The molecule has 110 valence electrons. The van der Waals surface area contributed by atoms with Crippen molar-refractivity contribution >= 4 is 11.6 Å². The lowest BCUT2D eigenvalue weighted by Crippen LogP contribution is -2.11. The molecule has 0 radical (unpaired) electrons. The maximum absolute atomic E-state index is 6.84. The van der Waals surface area contributed by atoms with Gasteiger partial charge in [0.2, 0.25) is 0 Å². The van der Waals surface area contributed by atoms with E-state index in [-0.39, 0.29) is 5.38 Å². The molecule has 21 heavy (non-hydrogen) atoms. The average Bonchev–Trinajstić information content (AvgIpc) is 2.64. The molecule has 0 fully saturated rings. The van der Waals surface area contributed by atoms with Crippen LogP contribution in [0.5, 0.6) is 0 Å². The highest BCUT2D eigenvalue weighted by Crippen LogP contribution is 2.39. The summed E-state index contributed by atoms with van der Waals surface area (Å²) in [6, 6.07) is 15.5. The smallest absolute Gasteiger partial charge is 0.0619 e. The molecule has 1 aliphatic carbocycles. The van der Waals surface area contributed by atoms with Crippen LogP contribution in [0.3, 0.4) is 0 Å². The fourth-order valence-electron chi connectivity index (χ4n) is 3.42. The van der Waals surface area contributed by atoms with Crippen LogP contribution in [0.25, 0.3) is 0 Å². The number of hydrogen-bond donors (Lipinski definition) is 0. The first-order chi connectivity index (χ1) is 10.1. The Labute approximate surface area is 133 Å². The first-order valence-corrected chi connectivity index (χ1v) is 8.37. The molecule has 2 aromatic carbocycles. The van der Waals surface area contributed by atoms with Gasteiger partial charge in [-0.1, -0.05) is 42.5 Å². The van der Waals surface area contributed by atoms with Crippen LogP contribution in [0.15, 0.2) is 42.5 Å². The highest BCUT2D eigenvalue weighted by atomic mass is 35.5. The second kappa shape index (κ2) is 6.23. The second-order valence-corrected chi connectivity index (χ2v) is 6.85. The lowest BCUT2D eigenvalue weighted by atomic mass is 9.89. The molecule has 3 rings (SSSR count). The Bertz CT molecular complexity index is 629. The fraction of sp³-hybridized carbons (Fsp3) is 0.400. The third kappa shape index (κ3) is 3.16. The maximum Gasteiger partial charge on any atom is 0.0619 e. The standard InChI is InChI=1S/C20H23Cl/c1-14-10-11-16(12-15(14)2)13-18-8-5-7-17-6-3-4-9-19(17)20(18)21/h3-4,6,9-12,18,20H,5,7-8,13H2,1-2H3. The molecule has 0 amide bonds. The Balaban J connectivity index is 1.84. The van der Waals surface area contributed by atoms with Crippen molar-refractivity contribution in [2.24, 2.45) is 5.92 Å². The fourth-order valence-corrected chi connectivity index (χ4v) is 3.85. The number of hydrogen-bond acceptors (Lipinski definition) is 0. The third-order valence-corrected chi connectivity index (χ3v) is 5.45. The number of halogens is 1. The summed E-state index contributed by atoms with van der Waals surface area (Å²) in [4.78, 5) is 0. The lowest BCUT2D eigenvalue weighted by molar-refractivity contribution is 0.465. The molecular weight excluding hydrogens is 276 g/mol. The summed E-state index contributed by atoms with van der Waals surface area (Å²) >= 11 is 6.84. The summed E-state index contributed by atoms with van der Waals surface area (Å²) in [5.41, 5.74) is 6.97. The monoisotopic (exact) mass is 298 g/mol. The molecule has 0 saturated carbocycles. The summed E-state index contributed by atoms with van der Waals surface area (Å²) in [5.74, 6) is 0.539. The van der Waals surface area contributed by atoms with Crippen LogP contribution in [0, 0.1) is 19.8 Å². The molecular formula is C20H23Cl. The molecule has 1 heteroatoms. The van der Waals surface area contributed by atoms with Gasteiger partial charge in [0.1, 0.15) is 0 Å². The summed E-state index contributed by atoms with van der Waals surface area (Å²) in [6.07, 6.45) is 4.72. The molecule has 0 saturated heterocycles. The molecule has 0 spiro atoms. The van der Waals surface area contributed by atoms with Crippen molar-refractivity contribution < 1.29 is 0 Å². The van der Waals surface area contributed by atoms with Gasteiger partial charge in [-0.25, -0.2) is 0 Å². The second-order valence-electron chi connectivity index (χ2n) is 6.38. The van der Waals surface area contributed by atoms with Crippen molar-refractivity contribution in [1.82, 2.24) is 0 Å². The van der Waals surface area contributed by atoms with Gasteiger partial charge in [0, 0.05) is 0 Å². The van der Waals surface area contributed by atoms with E-state index in [2.05, 4.69) is 56.3 Å². The average molecular weight is 299 g/mol. The van der Waals surface area contributed by atoms with Crippen LogP contribution in [0.4, 0.5) is 0 Å². The molecule has 1 aliphatic rings. The zero-order valence-corrected chi connectivity index (χ0v) is 13.7. The van der Waals surface area contributed by atoms with E-state index in [1.54, 1.807) is 0 Å². The largest absolute Gasteiger partial charge is 0.117 e. The van der Waals surface area contributed by atoms with Crippen molar-refractivity contribution in [2.75, 3.05) is 0 Å². The minimum Gasteiger partial charge on any atom is -0.117 e. The van der Waals surface area contributed by atoms with Crippen LogP contribution < -0.4 is 0 Å². The van der Waals surface area contributed by atoms with E-state index in [1.165, 1.54) is 47.1 Å². The molecule has 0 heterocycles. The van der Waals surface area contributed by atoms with Crippen LogP contribution in [0.1, 0.15) is 46.0 Å². The molecule has 2 atom stereocenters. The predicted molar refractivity (Wildman–Crippen MR) is 91.1 cm³/mol. The minimum atomic E-state index is 0.144. The first-order valence-electron chi connectivity index (χ1n) is 7.93. The van der Waals surface area contributed by atoms with Crippen molar-refractivity contribution in [3.8, 4) is 0 Å². The SMILES string of the molecule is Cc1ccc(CC2CCCc3ccccc3C2Cl)cc1C. The van der Waals surface area contributed by atoms with E-state index >= 15 is 0 Å². The maximum atomic E-state index is 6.84. The van der Waals surface area contributed by atoms with Gasteiger partial charge in [-0.15, -0.1) is 11.6 Å². The molecule has 0 nitrogen and oxygen atoms in total. The zero-order valence-electron chi connectivity index (χ0n) is 12.9. The number of benzene rings is 2. The quantitative estimate of drug-likeness (QED) is 0.487. The van der Waals surface area contributed by atoms with Crippen LogP contribution >= 0.6 is 11.6 Å². The lowest BCUT2D eigenvalue weighted by Gasteiger charge is -2.21. The number of aryl methyl sites for hydroxylation is 3. The number of alkyl halides is 1. The van der Waals surface area contributed by atoms with Crippen molar-refractivity contribution in [1.29, 1.82) is 0 Å². The van der Waals surface area contributed by atoms with E-state index in [1.807, 2.05) is 0 Å². The van der Waals surface area contributed by atoms with Gasteiger partial charge < -0.3 is 0 Å². The highest BCUT2D eigenvalue weighted by molar-refractivity contribution is 6.21. The van der Waals surface area contributed by atoms with Gasteiger partial charge in [0.05, 0.1) is 5.38 Å². The highest BCUT2D eigenvalue weighted by Gasteiger charge is 2.26. The van der Waals surface area contributed by atoms with Crippen molar-refractivity contribution in [3.05, 3.63) is 70.3 Å². The van der Waals surface area contributed by atoms with E-state index in [9.17, 15) is 0 Å². The van der Waals surface area contributed by atoms with Gasteiger partial charge in [0.15, 0.2) is 0 Å². The summed E-state index contributed by atoms with van der Waals surface area (Å²) < 4.78 is 0. The molecule has 2 unspecified atom stereocenters. The number of fused-ring (bicyclic) bond motifs is 1. The normalized spacial score (nSPS) is 21.7. The van der Waals surface area contributed by atoms with Crippen LogP contribution in [0.2, 0.25) is 0 Å². The van der Waals surface area contributed by atoms with Crippen LogP contribution in [-0.2, 0) is 12.8 Å². The Morgan fingerprint density at radius 2 is 1.86 bits per heavy atom. The van der Waals surface area contributed by atoms with Crippen molar-refractivity contribution in [3.63, 3.8) is 0 Å². The van der Waals surface area contributed by atoms with E-state index in [0.29, 0.717) is 5.92 Å². The minimum absolute atomic E-state index is 0.144. The Kier molecular flexibility index (Phi) is 4.35. The van der Waals surface area contributed by atoms with Gasteiger partial charge in [-0.3, -0.25) is 0 Å². The Morgan fingerprint density at radius 1 is 1.05 bits per heavy atom. The molecule has 0 N–H and O–H groups in total. The predicted octanol–water partition coefficient (Wildman–Crippen LogP) is 5.78. The number of rotatable bonds is 2. The summed E-state index contributed by atoms with van der Waals surface area (Å²) in [5, 5.41) is 0.144. The van der Waals surface area contributed by atoms with Gasteiger partial charge in [-0.05, 0) is 73.3 Å². The van der Waals surface area contributed by atoms with E-state index < -0.39 is 0 Å². The van der Waals surface area contributed by atoms with Gasteiger partial charge in [0.25, 0.3) is 0 Å². The van der Waals surface area contributed by atoms with Gasteiger partial charge >= 0.3 is 0 Å². The molecule has 2 aromatic rings. The van der Waals surface area contributed by atoms with E-state index in [4.69, 9.17) is 11.6 Å². The summed E-state index contributed by atoms with van der Waals surface area (Å²) in [6.45, 7) is 4.37. The summed E-state index contributed by atoms with van der Waals surface area (Å²) in [7, 11) is 0. The van der Waals surface area contributed by atoms with E-state index in [0.717, 1.165) is 6.42 Å². The van der Waals surface area contributed by atoms with Gasteiger partial charge in [-0.2, -0.15) is 0 Å². The Morgan fingerprint density at radius 3 is 2.67 bits per heavy atom. The van der Waals surface area contributed by atoms with Crippen LogP contribution in [-0.4, -0.2) is 0 Å². The molecule has 0 bridgehead atoms. The molecule has 0 aromatic heterocycles. The Hall–Kier alpha value is -1.27. The third-order valence-electron chi connectivity index (χ3n) is 4.86. The molecule has 0 aliphatic heterocycles. The zero-order chi connectivity index (χ0) is 14.8. The topological polar surface area (TPSA) is 0 Å². The first kappa shape index (κ1) is 14.7. The van der Waals surface area contributed by atoms with Crippen molar-refractivity contribution in [2.45, 2.75) is 44.9 Å².